The molecule has 6 nitrogen and oxygen atoms in total. The van der Waals surface area contributed by atoms with Gasteiger partial charge < -0.3 is 14.6 Å². The number of thiophene rings is 1. The summed E-state index contributed by atoms with van der Waals surface area (Å²) in [6, 6.07) is 14.5. The SMILES string of the molecule is CCOc1ccccc1N(C(=O)Cc1cccs1)C(C(=O)NC1CCCCC1)c1cccn1C. The van der Waals surface area contributed by atoms with Crippen LogP contribution in [0.4, 0.5) is 5.69 Å². The van der Waals surface area contributed by atoms with Crippen LogP contribution in [-0.2, 0) is 23.1 Å². The number of aromatic nitrogens is 1. The summed E-state index contributed by atoms with van der Waals surface area (Å²) in [6.45, 7) is 2.38. The fourth-order valence-electron chi connectivity index (χ4n) is 4.67. The van der Waals surface area contributed by atoms with Crippen molar-refractivity contribution in [2.75, 3.05) is 11.5 Å². The molecule has 2 aromatic heterocycles. The number of nitrogens with zero attached hydrogens (tertiary/aromatic N) is 2. The summed E-state index contributed by atoms with van der Waals surface area (Å²) in [7, 11) is 1.91. The van der Waals surface area contributed by atoms with E-state index in [0.29, 0.717) is 18.0 Å². The molecule has 2 heterocycles. The van der Waals surface area contributed by atoms with Crippen LogP contribution in [-0.4, -0.2) is 29.0 Å². The van der Waals surface area contributed by atoms with Crippen molar-refractivity contribution in [2.45, 2.75) is 57.5 Å². The molecule has 0 bridgehead atoms. The van der Waals surface area contributed by atoms with Crippen molar-refractivity contribution < 1.29 is 14.3 Å². The fraction of sp³-hybridized carbons (Fsp3) is 0.407. The summed E-state index contributed by atoms with van der Waals surface area (Å²) in [5.74, 6) is 0.299. The van der Waals surface area contributed by atoms with Gasteiger partial charge in [-0.3, -0.25) is 14.5 Å². The van der Waals surface area contributed by atoms with E-state index < -0.39 is 6.04 Å². The standard InChI is InChI=1S/C27H33N3O3S/c1-3-33-24-16-8-7-14-22(24)30(25(31)19-21-13-10-18-34-21)26(23-15-9-17-29(23)2)27(32)28-20-11-5-4-6-12-20/h7-10,13-18,20,26H,3-6,11-12,19H2,1-2H3,(H,28,32). The van der Waals surface area contributed by atoms with E-state index in [1.165, 1.54) is 6.42 Å². The molecular weight excluding hydrogens is 446 g/mol. The zero-order chi connectivity index (χ0) is 23.9. The van der Waals surface area contributed by atoms with Crippen molar-refractivity contribution in [1.82, 2.24) is 9.88 Å². The molecule has 1 aliphatic rings. The Morgan fingerprint density at radius 3 is 2.59 bits per heavy atom. The average molecular weight is 480 g/mol. The molecule has 0 aliphatic heterocycles. The van der Waals surface area contributed by atoms with Gasteiger partial charge >= 0.3 is 0 Å². The van der Waals surface area contributed by atoms with Gasteiger partial charge in [0.2, 0.25) is 11.8 Å². The van der Waals surface area contributed by atoms with Gasteiger partial charge in [-0.05, 0) is 55.5 Å². The average Bonchev–Trinajstić information content (AvgIpc) is 3.50. The lowest BCUT2D eigenvalue weighted by molar-refractivity contribution is -0.127. The number of anilines is 1. The zero-order valence-corrected chi connectivity index (χ0v) is 20.7. The van der Waals surface area contributed by atoms with Crippen LogP contribution in [0, 0.1) is 0 Å². The lowest BCUT2D eigenvalue weighted by atomic mass is 9.95. The highest BCUT2D eigenvalue weighted by atomic mass is 32.1. The summed E-state index contributed by atoms with van der Waals surface area (Å²) in [4.78, 5) is 30.4. The Labute approximate surface area is 205 Å². The molecule has 180 valence electrons. The van der Waals surface area contributed by atoms with Crippen LogP contribution >= 0.6 is 11.3 Å². The van der Waals surface area contributed by atoms with Crippen molar-refractivity contribution >= 4 is 28.8 Å². The molecule has 0 spiro atoms. The van der Waals surface area contributed by atoms with Gasteiger partial charge in [-0.25, -0.2) is 0 Å². The number of carbonyl (C=O) groups is 2. The van der Waals surface area contributed by atoms with Crippen LogP contribution in [0.5, 0.6) is 5.75 Å². The summed E-state index contributed by atoms with van der Waals surface area (Å²) in [6.07, 6.45) is 7.53. The molecule has 3 aromatic rings. The van der Waals surface area contributed by atoms with Crippen LogP contribution in [0.2, 0.25) is 0 Å². The van der Waals surface area contributed by atoms with Gasteiger partial charge in [0.25, 0.3) is 0 Å². The van der Waals surface area contributed by atoms with Crippen molar-refractivity contribution in [3.05, 3.63) is 70.7 Å². The maximum Gasteiger partial charge on any atom is 0.249 e. The Morgan fingerprint density at radius 1 is 1.12 bits per heavy atom. The molecule has 1 unspecified atom stereocenters. The van der Waals surface area contributed by atoms with Crippen LogP contribution < -0.4 is 15.0 Å². The molecule has 0 saturated heterocycles. The molecule has 7 heteroatoms. The largest absolute Gasteiger partial charge is 0.492 e. The van der Waals surface area contributed by atoms with Gasteiger partial charge in [-0.2, -0.15) is 0 Å². The second-order valence-corrected chi connectivity index (χ2v) is 9.74. The first kappa shape index (κ1) is 24.1. The smallest absolute Gasteiger partial charge is 0.249 e. The molecule has 34 heavy (non-hydrogen) atoms. The van der Waals surface area contributed by atoms with E-state index in [9.17, 15) is 9.59 Å². The van der Waals surface area contributed by atoms with E-state index in [4.69, 9.17) is 4.74 Å². The van der Waals surface area contributed by atoms with Crippen LogP contribution in [0.3, 0.4) is 0 Å². The number of hydrogen-bond acceptors (Lipinski definition) is 4. The summed E-state index contributed by atoms with van der Waals surface area (Å²) < 4.78 is 7.82. The second kappa shape index (κ2) is 11.4. The number of amides is 2. The molecule has 4 rings (SSSR count). The Hall–Kier alpha value is -3.06. The molecule has 1 fully saturated rings. The summed E-state index contributed by atoms with van der Waals surface area (Å²) >= 11 is 1.54. The number of ether oxygens (including phenoxy) is 1. The first-order chi connectivity index (χ1) is 16.6. The molecule has 2 amide bonds. The van der Waals surface area contributed by atoms with Gasteiger partial charge in [0.1, 0.15) is 5.75 Å². The highest BCUT2D eigenvalue weighted by Crippen LogP contribution is 2.36. The van der Waals surface area contributed by atoms with E-state index in [1.54, 1.807) is 16.2 Å². The first-order valence-corrected chi connectivity index (χ1v) is 12.9. The number of aryl methyl sites for hydroxylation is 1. The van der Waals surface area contributed by atoms with Crippen molar-refractivity contribution in [3.63, 3.8) is 0 Å². The van der Waals surface area contributed by atoms with E-state index >= 15 is 0 Å². The zero-order valence-electron chi connectivity index (χ0n) is 19.9. The minimum atomic E-state index is -0.809. The number of carbonyl (C=O) groups excluding carboxylic acids is 2. The lowest BCUT2D eigenvalue weighted by Crippen LogP contribution is -2.48. The number of benzene rings is 1. The number of nitrogens with one attached hydrogen (secondary N) is 1. The topological polar surface area (TPSA) is 63.6 Å². The quantitative estimate of drug-likeness (QED) is 0.456. The Bertz CT molecular complexity index is 1090. The second-order valence-electron chi connectivity index (χ2n) is 8.71. The number of rotatable bonds is 9. The minimum absolute atomic E-state index is 0.139. The maximum absolute atomic E-state index is 13.9. The van der Waals surface area contributed by atoms with Gasteiger partial charge in [0, 0.05) is 24.2 Å². The predicted molar refractivity (Wildman–Crippen MR) is 136 cm³/mol. The third-order valence-electron chi connectivity index (χ3n) is 6.32. The number of hydrogen-bond donors (Lipinski definition) is 1. The molecule has 1 atom stereocenters. The van der Waals surface area contributed by atoms with Crippen LogP contribution in [0.15, 0.2) is 60.1 Å². The Kier molecular flexibility index (Phi) is 8.06. The normalized spacial score (nSPS) is 15.0. The maximum atomic E-state index is 13.9. The van der Waals surface area contributed by atoms with Gasteiger partial charge in [0.05, 0.1) is 24.4 Å². The molecule has 1 aliphatic carbocycles. The van der Waals surface area contributed by atoms with Gasteiger partial charge in [-0.15, -0.1) is 11.3 Å². The van der Waals surface area contributed by atoms with E-state index in [1.807, 2.05) is 78.6 Å². The lowest BCUT2D eigenvalue weighted by Gasteiger charge is -2.34. The monoisotopic (exact) mass is 479 g/mol. The molecule has 0 radical (unpaired) electrons. The summed E-state index contributed by atoms with van der Waals surface area (Å²) in [5, 5.41) is 5.23. The van der Waals surface area contributed by atoms with Crippen molar-refractivity contribution in [1.29, 1.82) is 0 Å². The van der Waals surface area contributed by atoms with Gasteiger partial charge in [-0.1, -0.05) is 37.5 Å². The highest BCUT2D eigenvalue weighted by Gasteiger charge is 2.36. The Balaban J connectivity index is 1.77. The van der Waals surface area contributed by atoms with Crippen molar-refractivity contribution in [3.8, 4) is 5.75 Å². The Morgan fingerprint density at radius 2 is 1.91 bits per heavy atom. The van der Waals surface area contributed by atoms with Crippen LogP contribution in [0.25, 0.3) is 0 Å². The third-order valence-corrected chi connectivity index (χ3v) is 7.20. The summed E-state index contributed by atoms with van der Waals surface area (Å²) in [5.41, 5.74) is 1.37. The van der Waals surface area contributed by atoms with Gasteiger partial charge in [0.15, 0.2) is 6.04 Å². The van der Waals surface area contributed by atoms with E-state index in [2.05, 4.69) is 5.32 Å². The van der Waals surface area contributed by atoms with Crippen LogP contribution in [0.1, 0.15) is 55.6 Å². The first-order valence-electron chi connectivity index (χ1n) is 12.1. The fourth-order valence-corrected chi connectivity index (χ4v) is 5.36. The highest BCUT2D eigenvalue weighted by molar-refractivity contribution is 7.10. The molecule has 1 saturated carbocycles. The third kappa shape index (κ3) is 5.53. The van der Waals surface area contributed by atoms with E-state index in [0.717, 1.165) is 36.3 Å². The van der Waals surface area contributed by atoms with E-state index in [-0.39, 0.29) is 24.3 Å². The molecule has 1 N–H and O–H groups in total. The predicted octanol–water partition coefficient (Wildman–Crippen LogP) is 5.25. The van der Waals surface area contributed by atoms with Crippen molar-refractivity contribution in [2.24, 2.45) is 7.05 Å². The number of para-hydroxylation sites is 2. The molecular formula is C27H33N3O3S. The minimum Gasteiger partial charge on any atom is -0.492 e. The molecule has 1 aromatic carbocycles.